The predicted octanol–water partition coefficient (Wildman–Crippen LogP) is 1.33. The van der Waals surface area contributed by atoms with Crippen LogP contribution in [0.5, 0.6) is 0 Å². The van der Waals surface area contributed by atoms with Crippen LogP contribution in [0, 0.1) is 11.3 Å². The van der Waals surface area contributed by atoms with Crippen molar-refractivity contribution in [1.29, 1.82) is 0 Å². The number of rotatable bonds is 3. The summed E-state index contributed by atoms with van der Waals surface area (Å²) < 4.78 is 0. The van der Waals surface area contributed by atoms with E-state index in [1.54, 1.807) is 12.4 Å². The molecule has 0 amide bonds. The van der Waals surface area contributed by atoms with Crippen LogP contribution < -0.4 is 16.4 Å². The molecule has 2 aliphatic heterocycles. The van der Waals surface area contributed by atoms with E-state index in [9.17, 15) is 4.79 Å². The Bertz CT molecular complexity index is 857. The largest absolute Gasteiger partial charge is 0.306 e. The molecular weight excluding hydrogens is 340 g/mol. The summed E-state index contributed by atoms with van der Waals surface area (Å²) in [4.78, 5) is 26.9. The maximum Gasteiger partial charge on any atom is 0.255 e. The average Bonchev–Trinajstić information content (AvgIpc) is 3.11. The van der Waals surface area contributed by atoms with E-state index in [0.29, 0.717) is 24.3 Å². The molecule has 0 aliphatic carbocycles. The first-order valence-electron chi connectivity index (χ1n) is 9.65. The Hall–Kier alpha value is -2.09. The van der Waals surface area contributed by atoms with E-state index in [1.807, 2.05) is 12.1 Å². The monoisotopic (exact) mass is 368 g/mol. The number of hydrogen-bond acceptors (Lipinski definition) is 6. The molecule has 2 atom stereocenters. The molecule has 0 radical (unpaired) electrons. The predicted molar refractivity (Wildman–Crippen MR) is 105 cm³/mol. The maximum atomic E-state index is 12.7. The second-order valence-corrected chi connectivity index (χ2v) is 8.70. The third-order valence-electron chi connectivity index (χ3n) is 5.60. The number of nitrogens with zero attached hydrogens (tertiary/aromatic N) is 3. The molecule has 0 aromatic carbocycles. The summed E-state index contributed by atoms with van der Waals surface area (Å²) in [6.07, 6.45) is 4.25. The minimum atomic E-state index is -0.0291. The van der Waals surface area contributed by atoms with E-state index >= 15 is 0 Å². The number of fused-ring (bicyclic) bond motifs is 1. The topological polar surface area (TPSA) is 85.9 Å². The van der Waals surface area contributed by atoms with Gasteiger partial charge in [-0.2, -0.15) is 0 Å². The highest BCUT2D eigenvalue weighted by Gasteiger charge is 2.37. The highest BCUT2D eigenvalue weighted by atomic mass is 16.1. The van der Waals surface area contributed by atoms with Gasteiger partial charge in [-0.1, -0.05) is 20.8 Å². The number of H-pyrrole nitrogens is 1. The molecule has 27 heavy (non-hydrogen) atoms. The maximum absolute atomic E-state index is 12.7. The fourth-order valence-corrected chi connectivity index (χ4v) is 4.24. The van der Waals surface area contributed by atoms with E-state index in [1.165, 1.54) is 0 Å². The van der Waals surface area contributed by atoms with Gasteiger partial charge in [0.25, 0.3) is 5.56 Å². The highest BCUT2D eigenvalue weighted by Crippen LogP contribution is 2.29. The van der Waals surface area contributed by atoms with Crippen molar-refractivity contribution in [3.05, 3.63) is 46.1 Å². The van der Waals surface area contributed by atoms with Crippen LogP contribution in [0.2, 0.25) is 0 Å². The van der Waals surface area contributed by atoms with Gasteiger partial charge in [-0.15, -0.1) is 0 Å². The average molecular weight is 368 g/mol. The molecular formula is C20H28N6O. The van der Waals surface area contributed by atoms with Crippen molar-refractivity contribution < 1.29 is 0 Å². The molecule has 0 saturated carbocycles. The molecule has 0 bridgehead atoms. The molecule has 7 heteroatoms. The molecule has 1 fully saturated rings. The Morgan fingerprint density at radius 3 is 2.93 bits per heavy atom. The second-order valence-electron chi connectivity index (χ2n) is 8.70. The van der Waals surface area contributed by atoms with Gasteiger partial charge >= 0.3 is 0 Å². The number of hydrogen-bond donors (Lipinski definition) is 3. The molecule has 2 aliphatic rings. The number of aromatic amines is 1. The van der Waals surface area contributed by atoms with Gasteiger partial charge in [-0.3, -0.25) is 25.5 Å². The Morgan fingerprint density at radius 1 is 1.33 bits per heavy atom. The lowest BCUT2D eigenvalue weighted by atomic mass is 9.80. The molecule has 7 nitrogen and oxygen atoms in total. The van der Waals surface area contributed by atoms with Crippen LogP contribution in [0.1, 0.15) is 32.0 Å². The van der Waals surface area contributed by atoms with Gasteiger partial charge < -0.3 is 4.98 Å². The van der Waals surface area contributed by atoms with Crippen LogP contribution >= 0.6 is 0 Å². The zero-order valence-corrected chi connectivity index (χ0v) is 16.2. The van der Waals surface area contributed by atoms with Crippen LogP contribution in [0.4, 0.5) is 0 Å². The third kappa shape index (κ3) is 3.81. The lowest BCUT2D eigenvalue weighted by Gasteiger charge is -2.35. The zero-order chi connectivity index (χ0) is 19.0. The Kier molecular flexibility index (Phi) is 4.84. The van der Waals surface area contributed by atoms with Crippen LogP contribution in [-0.4, -0.2) is 45.5 Å². The number of hydrazine groups is 1. The van der Waals surface area contributed by atoms with Gasteiger partial charge in [0.1, 0.15) is 5.82 Å². The van der Waals surface area contributed by atoms with Crippen LogP contribution in [0.3, 0.4) is 0 Å². The lowest BCUT2D eigenvalue weighted by molar-refractivity contribution is 0.165. The Labute approximate surface area is 159 Å². The van der Waals surface area contributed by atoms with E-state index in [0.717, 1.165) is 42.9 Å². The van der Waals surface area contributed by atoms with Crippen molar-refractivity contribution in [2.75, 3.05) is 19.6 Å². The van der Waals surface area contributed by atoms with Crippen molar-refractivity contribution in [3.8, 4) is 11.4 Å². The van der Waals surface area contributed by atoms with E-state index in [2.05, 4.69) is 46.5 Å². The molecule has 1 saturated heterocycles. The number of nitrogens with one attached hydrogen (secondary N) is 3. The van der Waals surface area contributed by atoms with E-state index in [4.69, 9.17) is 4.98 Å². The van der Waals surface area contributed by atoms with Crippen molar-refractivity contribution in [2.24, 2.45) is 11.3 Å². The van der Waals surface area contributed by atoms with E-state index in [-0.39, 0.29) is 11.0 Å². The second kappa shape index (κ2) is 7.14. The summed E-state index contributed by atoms with van der Waals surface area (Å²) in [5, 5.41) is 0. The molecule has 4 rings (SSSR count). The summed E-state index contributed by atoms with van der Waals surface area (Å²) >= 11 is 0. The van der Waals surface area contributed by atoms with Gasteiger partial charge in [0, 0.05) is 62.5 Å². The zero-order valence-electron chi connectivity index (χ0n) is 16.2. The highest BCUT2D eigenvalue weighted by molar-refractivity contribution is 5.53. The van der Waals surface area contributed by atoms with E-state index < -0.39 is 0 Å². The molecule has 3 N–H and O–H groups in total. The number of aromatic nitrogens is 3. The molecule has 0 spiro atoms. The summed E-state index contributed by atoms with van der Waals surface area (Å²) in [6, 6.07) is 4.19. The van der Waals surface area contributed by atoms with Gasteiger partial charge in [0.05, 0.1) is 11.3 Å². The minimum Gasteiger partial charge on any atom is -0.306 e. The van der Waals surface area contributed by atoms with Crippen LogP contribution in [0.15, 0.2) is 29.3 Å². The Morgan fingerprint density at radius 2 is 2.19 bits per heavy atom. The van der Waals surface area contributed by atoms with Gasteiger partial charge in [-0.25, -0.2) is 4.98 Å². The number of pyridine rings is 1. The lowest BCUT2D eigenvalue weighted by Crippen LogP contribution is -2.46. The normalized spacial score (nSPS) is 23.4. The summed E-state index contributed by atoms with van der Waals surface area (Å²) in [7, 11) is 0. The van der Waals surface area contributed by atoms with Crippen molar-refractivity contribution in [1.82, 2.24) is 30.7 Å². The minimum absolute atomic E-state index is 0.0291. The fraction of sp³-hybridized carbons (Fsp3) is 0.550. The fourth-order valence-electron chi connectivity index (χ4n) is 4.24. The SMILES string of the molecule is CC(C)(C)C1NNCC1CN1CCc2nc(-c3cccnc3)[nH]c(=O)c2C1. The summed E-state index contributed by atoms with van der Waals surface area (Å²) in [5.74, 6) is 1.13. The van der Waals surface area contributed by atoms with Crippen molar-refractivity contribution in [3.63, 3.8) is 0 Å². The van der Waals surface area contributed by atoms with Gasteiger partial charge in [0.2, 0.25) is 0 Å². The molecule has 4 heterocycles. The van der Waals surface area contributed by atoms with Gasteiger partial charge in [-0.05, 0) is 17.5 Å². The Balaban J connectivity index is 1.51. The standard InChI is InChI=1S/C20H28N6O/c1-20(2,3)17-14(10-22-25-17)11-26-8-6-16-15(12-26)19(27)24-18(23-16)13-5-4-7-21-9-13/h4-5,7,9,14,17,22,25H,6,8,10-12H2,1-3H3,(H,23,24,27). The van der Waals surface area contributed by atoms with Crippen molar-refractivity contribution >= 4 is 0 Å². The molecule has 2 unspecified atom stereocenters. The first-order chi connectivity index (χ1) is 12.9. The van der Waals surface area contributed by atoms with Crippen LogP contribution in [-0.2, 0) is 13.0 Å². The summed E-state index contributed by atoms with van der Waals surface area (Å²) in [6.45, 7) is 10.3. The first kappa shape index (κ1) is 18.3. The smallest absolute Gasteiger partial charge is 0.255 e. The third-order valence-corrected chi connectivity index (χ3v) is 5.60. The molecule has 144 valence electrons. The quantitative estimate of drug-likeness (QED) is 0.758. The molecule has 2 aromatic heterocycles. The van der Waals surface area contributed by atoms with Crippen molar-refractivity contribution in [2.45, 2.75) is 39.8 Å². The summed E-state index contributed by atoms with van der Waals surface area (Å²) in [5.41, 5.74) is 9.48. The molecule has 2 aromatic rings. The van der Waals surface area contributed by atoms with Gasteiger partial charge in [0.15, 0.2) is 0 Å². The van der Waals surface area contributed by atoms with Crippen LogP contribution in [0.25, 0.3) is 11.4 Å². The first-order valence-corrected chi connectivity index (χ1v) is 9.65.